The van der Waals surface area contributed by atoms with Crippen molar-refractivity contribution in [2.24, 2.45) is 11.8 Å². The Hall–Kier alpha value is -1.10. The number of esters is 2. The minimum atomic E-state index is -0.204. The SMILES string of the molecule is CCCCCCOC(=O)C1CC(NC)CC(C(=O)OCCCCCC)C1. The van der Waals surface area contributed by atoms with Crippen molar-refractivity contribution in [3.63, 3.8) is 0 Å². The molecule has 1 aliphatic carbocycles. The zero-order valence-electron chi connectivity index (χ0n) is 17.1. The number of rotatable bonds is 13. The molecular weight excluding hydrogens is 330 g/mol. The first kappa shape index (κ1) is 22.9. The highest BCUT2D eigenvalue weighted by Crippen LogP contribution is 2.31. The van der Waals surface area contributed by atoms with Gasteiger partial charge in [-0.1, -0.05) is 52.4 Å². The van der Waals surface area contributed by atoms with Gasteiger partial charge in [0.2, 0.25) is 0 Å². The van der Waals surface area contributed by atoms with E-state index in [1.165, 1.54) is 25.7 Å². The van der Waals surface area contributed by atoms with Crippen LogP contribution in [0.15, 0.2) is 0 Å². The Morgan fingerprint density at radius 2 is 1.23 bits per heavy atom. The van der Waals surface area contributed by atoms with Crippen LogP contribution in [0, 0.1) is 11.8 Å². The first-order valence-corrected chi connectivity index (χ1v) is 10.6. The zero-order valence-corrected chi connectivity index (χ0v) is 17.1. The summed E-state index contributed by atoms with van der Waals surface area (Å²) in [6.45, 7) is 5.31. The van der Waals surface area contributed by atoms with Crippen molar-refractivity contribution >= 4 is 11.9 Å². The molecule has 152 valence electrons. The number of ether oxygens (including phenoxy) is 2. The molecule has 0 spiro atoms. The van der Waals surface area contributed by atoms with E-state index in [1.54, 1.807) is 0 Å². The molecule has 2 unspecified atom stereocenters. The van der Waals surface area contributed by atoms with E-state index in [9.17, 15) is 9.59 Å². The molecular formula is C21H39NO4. The molecule has 1 rings (SSSR count). The topological polar surface area (TPSA) is 64.6 Å². The van der Waals surface area contributed by atoms with Crippen LogP contribution in [0.5, 0.6) is 0 Å². The van der Waals surface area contributed by atoms with Crippen molar-refractivity contribution in [1.82, 2.24) is 5.32 Å². The Labute approximate surface area is 159 Å². The molecule has 1 fully saturated rings. The minimum absolute atomic E-state index is 0.151. The van der Waals surface area contributed by atoms with Crippen molar-refractivity contribution in [2.75, 3.05) is 20.3 Å². The van der Waals surface area contributed by atoms with Gasteiger partial charge in [0, 0.05) is 6.04 Å². The quantitative estimate of drug-likeness (QED) is 0.389. The molecule has 2 atom stereocenters. The predicted octanol–water partition coefficient (Wildman–Crippen LogP) is 4.24. The van der Waals surface area contributed by atoms with Crippen molar-refractivity contribution in [1.29, 1.82) is 0 Å². The van der Waals surface area contributed by atoms with Crippen LogP contribution in [0.2, 0.25) is 0 Å². The fourth-order valence-corrected chi connectivity index (χ4v) is 3.58. The van der Waals surface area contributed by atoms with Gasteiger partial charge in [-0.2, -0.15) is 0 Å². The van der Waals surface area contributed by atoms with E-state index in [1.807, 2.05) is 7.05 Å². The monoisotopic (exact) mass is 369 g/mol. The molecule has 5 nitrogen and oxygen atoms in total. The predicted molar refractivity (Wildman–Crippen MR) is 104 cm³/mol. The van der Waals surface area contributed by atoms with Crippen molar-refractivity contribution in [3.05, 3.63) is 0 Å². The second-order valence-electron chi connectivity index (χ2n) is 7.54. The average molecular weight is 370 g/mol. The third kappa shape index (κ3) is 9.02. The van der Waals surface area contributed by atoms with Gasteiger partial charge in [0.15, 0.2) is 0 Å². The lowest BCUT2D eigenvalue weighted by molar-refractivity contribution is -0.155. The Morgan fingerprint density at radius 1 is 0.769 bits per heavy atom. The van der Waals surface area contributed by atoms with Crippen LogP contribution in [0.1, 0.15) is 84.5 Å². The Bertz CT molecular complexity index is 365. The normalized spacial score (nSPS) is 22.8. The van der Waals surface area contributed by atoms with E-state index < -0.39 is 0 Å². The third-order valence-corrected chi connectivity index (χ3v) is 5.27. The summed E-state index contributed by atoms with van der Waals surface area (Å²) < 4.78 is 10.9. The smallest absolute Gasteiger partial charge is 0.309 e. The molecule has 0 saturated heterocycles. The summed E-state index contributed by atoms with van der Waals surface area (Å²) >= 11 is 0. The summed E-state index contributed by atoms with van der Waals surface area (Å²) in [6, 6.07) is 0.166. The summed E-state index contributed by atoms with van der Waals surface area (Å²) in [5.41, 5.74) is 0. The molecule has 0 aromatic carbocycles. The molecule has 0 aromatic rings. The molecule has 5 heteroatoms. The molecule has 26 heavy (non-hydrogen) atoms. The largest absolute Gasteiger partial charge is 0.465 e. The molecule has 0 radical (unpaired) electrons. The number of nitrogens with one attached hydrogen (secondary N) is 1. The number of carbonyl (C=O) groups excluding carboxylic acids is 2. The maximum atomic E-state index is 12.4. The van der Waals surface area contributed by atoms with Crippen molar-refractivity contribution < 1.29 is 19.1 Å². The summed E-state index contributed by atoms with van der Waals surface area (Å²) in [5.74, 6) is -0.709. The van der Waals surface area contributed by atoms with E-state index >= 15 is 0 Å². The minimum Gasteiger partial charge on any atom is -0.465 e. The highest BCUT2D eigenvalue weighted by Gasteiger charge is 2.37. The van der Waals surface area contributed by atoms with Gasteiger partial charge < -0.3 is 14.8 Å². The van der Waals surface area contributed by atoms with Crippen LogP contribution in [0.25, 0.3) is 0 Å². The van der Waals surface area contributed by atoms with E-state index in [-0.39, 0.29) is 29.8 Å². The lowest BCUT2D eigenvalue weighted by Crippen LogP contribution is -2.41. The second-order valence-corrected chi connectivity index (χ2v) is 7.54. The summed E-state index contributed by atoms with van der Waals surface area (Å²) in [6.07, 6.45) is 10.8. The molecule has 0 heterocycles. The fraction of sp³-hybridized carbons (Fsp3) is 0.905. The van der Waals surface area contributed by atoms with Gasteiger partial charge in [-0.05, 0) is 39.2 Å². The van der Waals surface area contributed by atoms with Crippen LogP contribution in [0.3, 0.4) is 0 Å². The van der Waals surface area contributed by atoms with Gasteiger partial charge in [0.1, 0.15) is 0 Å². The Morgan fingerprint density at radius 3 is 1.62 bits per heavy atom. The lowest BCUT2D eigenvalue weighted by atomic mass is 9.78. The Balaban J connectivity index is 2.40. The van der Waals surface area contributed by atoms with Gasteiger partial charge in [0.05, 0.1) is 25.0 Å². The van der Waals surface area contributed by atoms with E-state index in [4.69, 9.17) is 9.47 Å². The maximum Gasteiger partial charge on any atom is 0.309 e. The van der Waals surface area contributed by atoms with Crippen LogP contribution in [0.4, 0.5) is 0 Å². The summed E-state index contributed by atoms with van der Waals surface area (Å²) in [5, 5.41) is 3.23. The van der Waals surface area contributed by atoms with Crippen LogP contribution in [-0.4, -0.2) is 38.2 Å². The van der Waals surface area contributed by atoms with Gasteiger partial charge in [-0.25, -0.2) is 0 Å². The molecule has 0 aromatic heterocycles. The molecule has 0 amide bonds. The van der Waals surface area contributed by atoms with Crippen LogP contribution < -0.4 is 5.32 Å². The van der Waals surface area contributed by atoms with E-state index in [2.05, 4.69) is 19.2 Å². The molecule has 0 bridgehead atoms. The third-order valence-electron chi connectivity index (χ3n) is 5.27. The summed E-state index contributed by atoms with van der Waals surface area (Å²) in [7, 11) is 1.89. The lowest BCUT2D eigenvalue weighted by Gasteiger charge is -2.32. The number of hydrogen-bond acceptors (Lipinski definition) is 5. The van der Waals surface area contributed by atoms with Crippen molar-refractivity contribution in [2.45, 2.75) is 90.5 Å². The fourth-order valence-electron chi connectivity index (χ4n) is 3.58. The second kappa shape index (κ2) is 14.0. The van der Waals surface area contributed by atoms with Crippen LogP contribution >= 0.6 is 0 Å². The Kier molecular flexibility index (Phi) is 12.4. The van der Waals surface area contributed by atoms with E-state index in [0.717, 1.165) is 38.5 Å². The highest BCUT2D eigenvalue weighted by molar-refractivity contribution is 5.76. The molecule has 1 N–H and O–H groups in total. The first-order valence-electron chi connectivity index (χ1n) is 10.6. The maximum absolute atomic E-state index is 12.4. The zero-order chi connectivity index (χ0) is 19.2. The standard InChI is InChI=1S/C21H39NO4/c1-4-6-8-10-12-25-20(23)17-14-18(16-19(15-17)22-3)21(24)26-13-11-9-7-5-2/h17-19,22H,4-16H2,1-3H3. The summed E-state index contributed by atoms with van der Waals surface area (Å²) in [4.78, 5) is 24.8. The van der Waals surface area contributed by atoms with Crippen molar-refractivity contribution in [3.8, 4) is 0 Å². The molecule has 1 aliphatic rings. The van der Waals surface area contributed by atoms with Gasteiger partial charge in [-0.3, -0.25) is 9.59 Å². The average Bonchev–Trinajstić information content (AvgIpc) is 2.66. The first-order chi connectivity index (χ1) is 12.6. The number of unbranched alkanes of at least 4 members (excludes halogenated alkanes) is 6. The number of hydrogen-bond donors (Lipinski definition) is 1. The van der Waals surface area contributed by atoms with Gasteiger partial charge in [-0.15, -0.1) is 0 Å². The molecule has 0 aliphatic heterocycles. The highest BCUT2D eigenvalue weighted by atomic mass is 16.5. The van der Waals surface area contributed by atoms with Crippen LogP contribution in [-0.2, 0) is 19.1 Å². The number of carbonyl (C=O) groups is 2. The van der Waals surface area contributed by atoms with E-state index in [0.29, 0.717) is 19.6 Å². The van der Waals surface area contributed by atoms with Gasteiger partial charge in [0.25, 0.3) is 0 Å². The molecule has 1 saturated carbocycles. The van der Waals surface area contributed by atoms with Gasteiger partial charge >= 0.3 is 11.9 Å².